The summed E-state index contributed by atoms with van der Waals surface area (Å²) in [5.41, 5.74) is 0.972. The normalized spacial score (nSPS) is 14.7. The van der Waals surface area contributed by atoms with Gasteiger partial charge in [0.15, 0.2) is 11.5 Å². The molecule has 0 atom stereocenters. The van der Waals surface area contributed by atoms with Crippen LogP contribution in [-0.2, 0) is 6.54 Å². The third-order valence-electron chi connectivity index (χ3n) is 3.02. The van der Waals surface area contributed by atoms with Crippen LogP contribution in [0.1, 0.15) is 5.56 Å². The molecule has 0 fully saturated rings. The summed E-state index contributed by atoms with van der Waals surface area (Å²) < 4.78 is 34.5. The van der Waals surface area contributed by atoms with Gasteiger partial charge in [0.1, 0.15) is 5.82 Å². The molecule has 0 saturated carbocycles. The Hall–Kier alpha value is -2.39. The van der Waals surface area contributed by atoms with Crippen molar-refractivity contribution in [3.63, 3.8) is 0 Å². The average Bonchev–Trinajstić information content (AvgIpc) is 2.78. The molecule has 22 heavy (non-hydrogen) atoms. The maximum atomic E-state index is 12.9. The Morgan fingerprint density at radius 2 is 1.91 bits per heavy atom. The predicted molar refractivity (Wildman–Crippen MR) is 74.0 cm³/mol. The Balaban J connectivity index is 1.69. The smallest absolute Gasteiger partial charge is 0.423 e. The minimum atomic E-state index is -3.64. The van der Waals surface area contributed by atoms with Gasteiger partial charge in [-0.2, -0.15) is 0 Å². The molecule has 3 rings (SSSR count). The number of nitrogens with zero attached hydrogens (tertiary/aromatic N) is 1. The highest BCUT2D eigenvalue weighted by Crippen LogP contribution is 2.41. The molecule has 0 saturated heterocycles. The van der Waals surface area contributed by atoms with E-state index >= 15 is 0 Å². The van der Waals surface area contributed by atoms with Crippen molar-refractivity contribution in [1.82, 2.24) is 4.98 Å². The molecular weight excluding hydrogens is 297 g/mol. The molecule has 1 aromatic heterocycles. The van der Waals surface area contributed by atoms with E-state index in [0.717, 1.165) is 0 Å². The van der Waals surface area contributed by atoms with Gasteiger partial charge in [-0.15, -0.1) is 8.78 Å². The summed E-state index contributed by atoms with van der Waals surface area (Å²) in [5, 5.41) is 21.1. The fourth-order valence-electron chi connectivity index (χ4n) is 2.00. The molecule has 3 N–H and O–H groups in total. The number of rotatable bonds is 4. The van der Waals surface area contributed by atoms with Crippen molar-refractivity contribution in [2.45, 2.75) is 12.8 Å². The zero-order valence-electron chi connectivity index (χ0n) is 11.2. The fraction of sp³-hybridized carbons (Fsp3) is 0.154. The predicted octanol–water partition coefficient (Wildman–Crippen LogP) is 0.695. The number of hydrogen-bond acceptors (Lipinski definition) is 6. The number of aromatic nitrogens is 1. The molecule has 9 heteroatoms. The van der Waals surface area contributed by atoms with Crippen molar-refractivity contribution in [3.8, 4) is 11.5 Å². The first-order chi connectivity index (χ1) is 10.4. The van der Waals surface area contributed by atoms with Crippen molar-refractivity contribution in [2.24, 2.45) is 0 Å². The van der Waals surface area contributed by atoms with Gasteiger partial charge in [-0.05, 0) is 35.3 Å². The zero-order chi connectivity index (χ0) is 15.7. The monoisotopic (exact) mass is 308 g/mol. The van der Waals surface area contributed by atoms with Crippen molar-refractivity contribution in [2.75, 3.05) is 5.32 Å². The lowest BCUT2D eigenvalue weighted by Crippen LogP contribution is -2.30. The van der Waals surface area contributed by atoms with Crippen LogP contribution >= 0.6 is 0 Å². The lowest BCUT2D eigenvalue weighted by atomic mass is 9.81. The van der Waals surface area contributed by atoms with Crippen LogP contribution in [-0.4, -0.2) is 28.4 Å². The molecule has 0 unspecified atom stereocenters. The van der Waals surface area contributed by atoms with Crippen LogP contribution in [0.25, 0.3) is 0 Å². The van der Waals surface area contributed by atoms with E-state index < -0.39 is 13.4 Å². The number of nitrogens with one attached hydrogen (secondary N) is 1. The molecule has 0 amide bonds. The van der Waals surface area contributed by atoms with Crippen LogP contribution in [0.5, 0.6) is 11.5 Å². The number of halogens is 2. The Labute approximate surface area is 124 Å². The van der Waals surface area contributed by atoms with Crippen molar-refractivity contribution in [3.05, 3.63) is 42.1 Å². The van der Waals surface area contributed by atoms with Crippen LogP contribution < -0.4 is 20.3 Å². The maximum Gasteiger partial charge on any atom is 0.586 e. The molecule has 0 bridgehead atoms. The number of anilines is 1. The van der Waals surface area contributed by atoms with E-state index in [1.807, 2.05) is 0 Å². The molecular formula is C13H11BF2N2O4. The third-order valence-corrected chi connectivity index (χ3v) is 3.02. The summed E-state index contributed by atoms with van der Waals surface area (Å²) in [6.45, 7) is 0.292. The summed E-state index contributed by atoms with van der Waals surface area (Å²) in [6, 6.07) is 7.40. The minimum absolute atomic E-state index is 0.0164. The molecule has 2 heterocycles. The minimum Gasteiger partial charge on any atom is -0.423 e. The lowest BCUT2D eigenvalue weighted by Gasteiger charge is -2.08. The summed E-state index contributed by atoms with van der Waals surface area (Å²) >= 11 is 0. The van der Waals surface area contributed by atoms with Crippen LogP contribution in [0, 0.1) is 0 Å². The van der Waals surface area contributed by atoms with Gasteiger partial charge in [-0.3, -0.25) is 0 Å². The molecule has 114 valence electrons. The van der Waals surface area contributed by atoms with Gasteiger partial charge >= 0.3 is 13.4 Å². The van der Waals surface area contributed by atoms with E-state index in [1.165, 1.54) is 30.5 Å². The second-order valence-electron chi connectivity index (χ2n) is 4.65. The molecule has 6 nitrogen and oxygen atoms in total. The van der Waals surface area contributed by atoms with E-state index in [0.29, 0.717) is 23.4 Å². The third kappa shape index (κ3) is 3.10. The van der Waals surface area contributed by atoms with Crippen molar-refractivity contribution in [1.29, 1.82) is 0 Å². The Kier molecular flexibility index (Phi) is 3.59. The van der Waals surface area contributed by atoms with Gasteiger partial charge in [0.2, 0.25) is 0 Å². The Morgan fingerprint density at radius 1 is 1.14 bits per heavy atom. The van der Waals surface area contributed by atoms with E-state index in [1.54, 1.807) is 6.07 Å². The lowest BCUT2D eigenvalue weighted by molar-refractivity contribution is -0.286. The number of hydrogen-bond donors (Lipinski definition) is 3. The standard InChI is InChI=1S/C13H11BF2N2O4/c15-13(16)21-10-2-1-8(5-11(10)22-13)7-18-12-6-9(14(19)20)3-4-17-12/h1-6,19-20H,7H2,(H,17,18). The van der Waals surface area contributed by atoms with Crippen molar-refractivity contribution < 1.29 is 28.3 Å². The number of benzene rings is 1. The molecule has 1 aromatic carbocycles. The summed E-state index contributed by atoms with van der Waals surface area (Å²) in [4.78, 5) is 4.02. The van der Waals surface area contributed by atoms with Gasteiger partial charge in [0.25, 0.3) is 0 Å². The highest BCUT2D eigenvalue weighted by molar-refractivity contribution is 6.58. The first-order valence-electron chi connectivity index (χ1n) is 6.38. The summed E-state index contributed by atoms with van der Waals surface area (Å²) in [7, 11) is -1.59. The number of pyridine rings is 1. The number of alkyl halides is 2. The maximum absolute atomic E-state index is 12.9. The van der Waals surface area contributed by atoms with Crippen LogP contribution in [0.15, 0.2) is 36.5 Å². The van der Waals surface area contributed by atoms with Gasteiger partial charge in [-0.25, -0.2) is 4.98 Å². The first-order valence-corrected chi connectivity index (χ1v) is 6.38. The quantitative estimate of drug-likeness (QED) is 0.721. The number of ether oxygens (including phenoxy) is 2. The van der Waals surface area contributed by atoms with E-state index in [-0.39, 0.29) is 11.5 Å². The Morgan fingerprint density at radius 3 is 2.68 bits per heavy atom. The molecule has 0 spiro atoms. The zero-order valence-corrected chi connectivity index (χ0v) is 11.2. The topological polar surface area (TPSA) is 83.8 Å². The van der Waals surface area contributed by atoms with E-state index in [4.69, 9.17) is 10.0 Å². The molecule has 1 aliphatic heterocycles. The second kappa shape index (κ2) is 5.43. The SMILES string of the molecule is OB(O)c1ccnc(NCc2ccc3c(c2)OC(F)(F)O3)c1. The second-order valence-corrected chi connectivity index (χ2v) is 4.65. The first kappa shape index (κ1) is 14.5. The van der Waals surface area contributed by atoms with Crippen LogP contribution in [0.4, 0.5) is 14.6 Å². The van der Waals surface area contributed by atoms with E-state index in [9.17, 15) is 8.78 Å². The van der Waals surface area contributed by atoms with Gasteiger partial charge in [0.05, 0.1) is 0 Å². The largest absolute Gasteiger partial charge is 0.586 e. The molecule has 0 aliphatic carbocycles. The van der Waals surface area contributed by atoms with Crippen LogP contribution in [0.2, 0.25) is 0 Å². The molecule has 2 aromatic rings. The highest BCUT2D eigenvalue weighted by Gasteiger charge is 2.43. The van der Waals surface area contributed by atoms with E-state index in [2.05, 4.69) is 19.8 Å². The number of fused-ring (bicyclic) bond motifs is 1. The fourth-order valence-corrected chi connectivity index (χ4v) is 2.00. The summed E-state index contributed by atoms with van der Waals surface area (Å²) in [6.07, 6.45) is -2.21. The molecule has 1 aliphatic rings. The molecule has 0 radical (unpaired) electrons. The van der Waals surface area contributed by atoms with Gasteiger partial charge < -0.3 is 24.8 Å². The average molecular weight is 308 g/mol. The highest BCUT2D eigenvalue weighted by atomic mass is 19.3. The van der Waals surface area contributed by atoms with Gasteiger partial charge in [-0.1, -0.05) is 6.07 Å². The van der Waals surface area contributed by atoms with Crippen molar-refractivity contribution >= 4 is 18.4 Å². The van der Waals surface area contributed by atoms with Crippen LogP contribution in [0.3, 0.4) is 0 Å². The Bertz CT molecular complexity index is 699. The summed E-state index contributed by atoms with van der Waals surface area (Å²) in [5.74, 6) is 0.377. The van der Waals surface area contributed by atoms with Gasteiger partial charge in [0, 0.05) is 12.7 Å².